The summed E-state index contributed by atoms with van der Waals surface area (Å²) in [5, 5.41) is 37.7. The number of carboxylic acids is 1. The predicted octanol–water partition coefficient (Wildman–Crippen LogP) is 1.58. The molecule has 0 saturated carbocycles. The number of halogens is 1. The molecule has 3 heterocycles. The van der Waals surface area contributed by atoms with Gasteiger partial charge in [-0.25, -0.2) is 18.5 Å². The Hall–Kier alpha value is -3.92. The summed E-state index contributed by atoms with van der Waals surface area (Å²) in [6.07, 6.45) is 0.808. The predicted molar refractivity (Wildman–Crippen MR) is 146 cm³/mol. The molecule has 1 unspecified atom stereocenters. The van der Waals surface area contributed by atoms with Gasteiger partial charge in [-0.3, -0.25) is 9.36 Å². The van der Waals surface area contributed by atoms with Crippen LogP contribution in [0.25, 0.3) is 15.2 Å². The average molecular weight is 592 g/mol. The van der Waals surface area contributed by atoms with Crippen LogP contribution in [0.3, 0.4) is 0 Å². The van der Waals surface area contributed by atoms with E-state index in [1.165, 1.54) is 60.9 Å². The molecule has 0 radical (unpaired) electrons. The molecule has 220 valence electrons. The normalized spacial score (nSPS) is 13.4. The Labute approximate surface area is 236 Å². The van der Waals surface area contributed by atoms with Crippen LogP contribution in [0.1, 0.15) is 37.5 Å². The van der Waals surface area contributed by atoms with Crippen LogP contribution in [0.5, 0.6) is 5.75 Å². The van der Waals surface area contributed by atoms with Gasteiger partial charge in [-0.15, -0.1) is 4.80 Å². The van der Waals surface area contributed by atoms with Gasteiger partial charge in [0.15, 0.2) is 0 Å². The van der Waals surface area contributed by atoms with E-state index < -0.39 is 47.4 Å². The van der Waals surface area contributed by atoms with Gasteiger partial charge in [0.25, 0.3) is 5.56 Å². The van der Waals surface area contributed by atoms with Gasteiger partial charge in [-0.1, -0.05) is 11.3 Å². The standard InChI is InChI=1S/C26H30FN5O8S/c1-14-20-21(35)31(26(2,3)24(36)37)25(38)30(23(20)41-22(14)32-28-8-9-29-32)12-19(40-10-7-16(34)13-33)17-11-15(27)5-6-18(17)39-4/h5-6,8-9,11,16,19,33-34H,7,10,12-13H2,1-4H3,(H,36,37)/t16?,19-/m0/s1. The number of benzene rings is 1. The van der Waals surface area contributed by atoms with Crippen molar-refractivity contribution in [2.45, 2.75) is 51.5 Å². The van der Waals surface area contributed by atoms with Gasteiger partial charge >= 0.3 is 11.7 Å². The van der Waals surface area contributed by atoms with E-state index in [1.807, 2.05) is 0 Å². The number of aliphatic carboxylic acids is 1. The number of aliphatic hydroxyl groups is 2. The second-order valence-corrected chi connectivity index (χ2v) is 10.8. The highest BCUT2D eigenvalue weighted by Crippen LogP contribution is 2.34. The van der Waals surface area contributed by atoms with Gasteiger partial charge in [0, 0.05) is 11.1 Å². The van der Waals surface area contributed by atoms with Crippen LogP contribution >= 0.6 is 11.3 Å². The van der Waals surface area contributed by atoms with E-state index in [0.717, 1.165) is 11.3 Å². The Morgan fingerprint density at radius 2 is 1.90 bits per heavy atom. The van der Waals surface area contributed by atoms with Crippen LogP contribution < -0.4 is 16.0 Å². The fraction of sp³-hybridized carbons (Fsp3) is 0.423. The lowest BCUT2D eigenvalue weighted by Gasteiger charge is -2.26. The van der Waals surface area contributed by atoms with Crippen LogP contribution in [-0.2, 0) is 21.6 Å². The third-order valence-electron chi connectivity index (χ3n) is 6.74. The van der Waals surface area contributed by atoms with Crippen LogP contribution in [0, 0.1) is 12.7 Å². The van der Waals surface area contributed by atoms with Crippen molar-refractivity contribution in [3.8, 4) is 10.8 Å². The third kappa shape index (κ3) is 5.66. The number of thiophene rings is 1. The van der Waals surface area contributed by atoms with Crippen molar-refractivity contribution in [1.29, 1.82) is 0 Å². The van der Waals surface area contributed by atoms with E-state index in [2.05, 4.69) is 10.2 Å². The maximum Gasteiger partial charge on any atom is 0.333 e. The fourth-order valence-electron chi connectivity index (χ4n) is 4.40. The SMILES string of the molecule is COc1ccc(F)cc1[C@H](Cn1c(=O)n(C(C)(C)C(=O)O)c(=O)c2c(C)c(-n3nccn3)sc21)OCCC(O)CO. The zero-order valence-corrected chi connectivity index (χ0v) is 23.6. The average Bonchev–Trinajstić information content (AvgIpc) is 3.57. The molecule has 0 aliphatic heterocycles. The number of hydrogen-bond acceptors (Lipinski definition) is 10. The second kappa shape index (κ2) is 11.9. The Kier molecular flexibility index (Phi) is 8.72. The Bertz CT molecular complexity index is 1680. The minimum Gasteiger partial charge on any atom is -0.496 e. The van der Waals surface area contributed by atoms with E-state index in [-0.39, 0.29) is 41.1 Å². The lowest BCUT2D eigenvalue weighted by Crippen LogP contribution is -2.52. The van der Waals surface area contributed by atoms with Crippen molar-refractivity contribution in [2.24, 2.45) is 0 Å². The number of aromatic nitrogens is 5. The van der Waals surface area contributed by atoms with Gasteiger partial charge in [-0.2, -0.15) is 10.2 Å². The summed E-state index contributed by atoms with van der Waals surface area (Å²) in [6, 6.07) is 3.78. The number of carbonyl (C=O) groups is 1. The summed E-state index contributed by atoms with van der Waals surface area (Å²) in [7, 11) is 1.38. The molecule has 1 aromatic carbocycles. The lowest BCUT2D eigenvalue weighted by molar-refractivity contribution is -0.146. The van der Waals surface area contributed by atoms with Gasteiger partial charge in [-0.05, 0) is 45.4 Å². The van der Waals surface area contributed by atoms with E-state index in [9.17, 15) is 34.1 Å². The maximum absolute atomic E-state index is 14.4. The summed E-state index contributed by atoms with van der Waals surface area (Å²) in [5.41, 5.74) is -2.98. The first-order valence-corrected chi connectivity index (χ1v) is 13.4. The molecule has 0 saturated heterocycles. The Morgan fingerprint density at radius 1 is 1.22 bits per heavy atom. The Balaban J connectivity index is 1.99. The van der Waals surface area contributed by atoms with Crippen LogP contribution in [0.2, 0.25) is 0 Å². The van der Waals surface area contributed by atoms with Gasteiger partial charge < -0.3 is 24.8 Å². The zero-order chi connectivity index (χ0) is 30.1. The summed E-state index contributed by atoms with van der Waals surface area (Å²) in [4.78, 5) is 41.4. The topological polar surface area (TPSA) is 171 Å². The molecule has 0 aliphatic carbocycles. The molecule has 0 amide bonds. The molecule has 3 N–H and O–H groups in total. The molecular formula is C26H30FN5O8S. The number of nitrogens with zero attached hydrogens (tertiary/aromatic N) is 5. The number of aryl methyl sites for hydroxylation is 1. The molecule has 4 rings (SSSR count). The highest BCUT2D eigenvalue weighted by molar-refractivity contribution is 7.21. The van der Waals surface area contributed by atoms with E-state index in [0.29, 0.717) is 15.1 Å². The van der Waals surface area contributed by atoms with Crippen LogP contribution in [0.4, 0.5) is 4.39 Å². The monoisotopic (exact) mass is 591 g/mol. The largest absolute Gasteiger partial charge is 0.496 e. The molecule has 0 spiro atoms. The number of methoxy groups -OCH3 is 1. The fourth-order valence-corrected chi connectivity index (χ4v) is 5.62. The smallest absolute Gasteiger partial charge is 0.333 e. The summed E-state index contributed by atoms with van der Waals surface area (Å²) >= 11 is 1.05. The van der Waals surface area contributed by atoms with Crippen molar-refractivity contribution < 1.29 is 34.0 Å². The Morgan fingerprint density at radius 3 is 2.51 bits per heavy atom. The number of ether oxygens (including phenoxy) is 2. The number of rotatable bonds is 12. The van der Waals surface area contributed by atoms with Gasteiger partial charge in [0.2, 0.25) is 0 Å². The zero-order valence-electron chi connectivity index (χ0n) is 22.8. The molecule has 2 atom stereocenters. The highest BCUT2D eigenvalue weighted by atomic mass is 32.1. The first-order chi connectivity index (χ1) is 19.4. The summed E-state index contributed by atoms with van der Waals surface area (Å²) < 4.78 is 27.7. The molecule has 41 heavy (non-hydrogen) atoms. The van der Waals surface area contributed by atoms with Crippen molar-refractivity contribution in [2.75, 3.05) is 20.3 Å². The first kappa shape index (κ1) is 30.0. The van der Waals surface area contributed by atoms with Crippen molar-refractivity contribution >= 4 is 27.5 Å². The van der Waals surface area contributed by atoms with Crippen molar-refractivity contribution in [3.63, 3.8) is 0 Å². The molecule has 0 aliphatic rings. The van der Waals surface area contributed by atoms with Crippen molar-refractivity contribution in [3.05, 3.63) is 68.4 Å². The van der Waals surface area contributed by atoms with E-state index >= 15 is 0 Å². The number of aliphatic hydroxyl groups excluding tert-OH is 2. The van der Waals surface area contributed by atoms with Gasteiger partial charge in [0.05, 0.1) is 50.8 Å². The molecule has 15 heteroatoms. The lowest BCUT2D eigenvalue weighted by atomic mass is 10.1. The molecular weight excluding hydrogens is 561 g/mol. The van der Waals surface area contributed by atoms with E-state index in [4.69, 9.17) is 9.47 Å². The minimum absolute atomic E-state index is 0.0354. The van der Waals surface area contributed by atoms with Crippen LogP contribution in [-0.4, -0.2) is 71.8 Å². The highest BCUT2D eigenvalue weighted by Gasteiger charge is 2.36. The number of carboxylic acid groups (broad SMARTS) is 1. The first-order valence-electron chi connectivity index (χ1n) is 12.6. The maximum atomic E-state index is 14.4. The van der Waals surface area contributed by atoms with Gasteiger partial charge in [0.1, 0.15) is 33.0 Å². The quantitative estimate of drug-likeness (QED) is 0.220. The molecule has 4 aromatic rings. The number of fused-ring (bicyclic) bond motifs is 1. The number of hydrogen-bond donors (Lipinski definition) is 3. The summed E-state index contributed by atoms with van der Waals surface area (Å²) in [6.45, 7) is 3.26. The molecule has 13 nitrogen and oxygen atoms in total. The summed E-state index contributed by atoms with van der Waals surface area (Å²) in [5.74, 6) is -1.74. The third-order valence-corrected chi connectivity index (χ3v) is 8.02. The van der Waals surface area contributed by atoms with E-state index in [1.54, 1.807) is 6.92 Å². The molecule has 0 fully saturated rings. The minimum atomic E-state index is -1.93. The molecule has 0 bridgehead atoms. The van der Waals surface area contributed by atoms with Crippen LogP contribution in [0.15, 0.2) is 40.2 Å². The molecule has 3 aromatic heterocycles. The van der Waals surface area contributed by atoms with Crippen molar-refractivity contribution in [1.82, 2.24) is 24.1 Å². The second-order valence-electron chi connectivity index (χ2n) is 9.80.